The summed E-state index contributed by atoms with van der Waals surface area (Å²) in [5.74, 6) is 0.515. The van der Waals surface area contributed by atoms with Gasteiger partial charge in [0, 0.05) is 29.4 Å². The molecule has 0 radical (unpaired) electrons. The number of aromatic nitrogens is 1. The quantitative estimate of drug-likeness (QED) is 0.565. The van der Waals surface area contributed by atoms with Crippen LogP contribution in [0.1, 0.15) is 16.1 Å². The summed E-state index contributed by atoms with van der Waals surface area (Å²) in [4.78, 5) is 19.5. The van der Waals surface area contributed by atoms with Gasteiger partial charge in [-0.1, -0.05) is 36.4 Å². The highest BCUT2D eigenvalue weighted by Gasteiger charge is 2.20. The summed E-state index contributed by atoms with van der Waals surface area (Å²) >= 11 is 0. The van der Waals surface area contributed by atoms with Crippen molar-refractivity contribution in [3.05, 3.63) is 66.1 Å². The molecule has 1 fully saturated rings. The molecule has 0 bridgehead atoms. The summed E-state index contributed by atoms with van der Waals surface area (Å²) in [5.41, 5.74) is 2.59. The lowest BCUT2D eigenvalue weighted by molar-refractivity contribution is 0.0997. The van der Waals surface area contributed by atoms with E-state index >= 15 is 0 Å². The summed E-state index contributed by atoms with van der Waals surface area (Å²) in [6, 6.07) is 15.8. The second-order valence-electron chi connectivity index (χ2n) is 7.17. The van der Waals surface area contributed by atoms with E-state index in [-0.39, 0.29) is 5.91 Å². The van der Waals surface area contributed by atoms with Gasteiger partial charge in [-0.05, 0) is 24.4 Å². The highest BCUT2D eigenvalue weighted by atomic mass is 16.5. The number of fused-ring (bicyclic) bond motifs is 3. The first-order valence-electron chi connectivity index (χ1n) is 9.71. The van der Waals surface area contributed by atoms with Crippen molar-refractivity contribution < 1.29 is 13.9 Å². The molecular weight excluding hydrogens is 366 g/mol. The number of morpholine rings is 1. The Hall–Kier alpha value is -3.38. The van der Waals surface area contributed by atoms with Gasteiger partial charge in [0.05, 0.1) is 25.1 Å². The Morgan fingerprint density at radius 1 is 1.03 bits per heavy atom. The van der Waals surface area contributed by atoms with Gasteiger partial charge in [0.2, 0.25) is 0 Å². The average Bonchev–Trinajstić information content (AvgIpc) is 3.12. The molecule has 2 aromatic carbocycles. The molecule has 6 heteroatoms. The summed E-state index contributed by atoms with van der Waals surface area (Å²) in [6.45, 7) is 5.04. The van der Waals surface area contributed by atoms with E-state index in [2.05, 4.69) is 15.2 Å². The van der Waals surface area contributed by atoms with Crippen molar-refractivity contribution in [2.24, 2.45) is 0 Å². The standard InChI is InChI=1S/C23H21N3O3/c1-15-18-8-6-16-4-2-3-5-19(16)22(18)29-21(15)23(27)25-20-9-7-17(14-24-20)26-10-12-28-13-11-26/h2-9,14H,10-13H2,1H3,(H,24,25,27). The van der Waals surface area contributed by atoms with Gasteiger partial charge in [-0.25, -0.2) is 4.98 Å². The Kier molecular flexibility index (Phi) is 4.41. The van der Waals surface area contributed by atoms with E-state index in [1.165, 1.54) is 0 Å². The smallest absolute Gasteiger partial charge is 0.292 e. The Balaban J connectivity index is 1.41. The third kappa shape index (κ3) is 3.21. The van der Waals surface area contributed by atoms with E-state index in [4.69, 9.17) is 9.15 Å². The normalized spacial score (nSPS) is 14.4. The molecule has 5 rings (SSSR count). The number of aryl methyl sites for hydroxylation is 1. The molecule has 4 aromatic rings. The van der Waals surface area contributed by atoms with Gasteiger partial charge in [-0.3, -0.25) is 4.79 Å². The minimum absolute atomic E-state index is 0.297. The Labute approximate surface area is 168 Å². The third-order valence-corrected chi connectivity index (χ3v) is 5.40. The molecule has 0 unspecified atom stereocenters. The molecule has 6 nitrogen and oxygen atoms in total. The van der Waals surface area contributed by atoms with E-state index in [0.29, 0.717) is 11.6 Å². The molecule has 0 spiro atoms. The topological polar surface area (TPSA) is 67.6 Å². The maximum Gasteiger partial charge on any atom is 0.292 e. The number of furan rings is 1. The molecule has 1 amide bonds. The van der Waals surface area contributed by atoms with Crippen LogP contribution in [0.2, 0.25) is 0 Å². The molecule has 1 N–H and O–H groups in total. The molecule has 3 heterocycles. The summed E-state index contributed by atoms with van der Waals surface area (Å²) in [7, 11) is 0. The molecule has 1 aliphatic heterocycles. The van der Waals surface area contributed by atoms with Crippen LogP contribution in [0.25, 0.3) is 21.7 Å². The van der Waals surface area contributed by atoms with E-state index in [0.717, 1.165) is 59.3 Å². The number of pyridine rings is 1. The average molecular weight is 387 g/mol. The van der Waals surface area contributed by atoms with Crippen molar-refractivity contribution in [2.45, 2.75) is 6.92 Å². The largest absolute Gasteiger partial charge is 0.450 e. The molecule has 1 saturated heterocycles. The number of hydrogen-bond acceptors (Lipinski definition) is 5. The Morgan fingerprint density at radius 3 is 2.66 bits per heavy atom. The number of hydrogen-bond donors (Lipinski definition) is 1. The maximum absolute atomic E-state index is 12.9. The van der Waals surface area contributed by atoms with E-state index in [1.807, 2.05) is 55.5 Å². The van der Waals surface area contributed by atoms with Crippen LogP contribution in [-0.2, 0) is 4.74 Å². The number of carbonyl (C=O) groups is 1. The Morgan fingerprint density at radius 2 is 1.86 bits per heavy atom. The molecule has 1 aliphatic rings. The number of rotatable bonds is 3. The number of nitrogens with zero attached hydrogens (tertiary/aromatic N) is 2. The number of amides is 1. The zero-order chi connectivity index (χ0) is 19.8. The van der Waals surface area contributed by atoms with Gasteiger partial charge >= 0.3 is 0 Å². The van der Waals surface area contributed by atoms with Crippen molar-refractivity contribution in [2.75, 3.05) is 36.5 Å². The van der Waals surface area contributed by atoms with Crippen molar-refractivity contribution in [1.82, 2.24) is 4.98 Å². The van der Waals surface area contributed by atoms with Crippen LogP contribution < -0.4 is 10.2 Å². The number of ether oxygens (including phenoxy) is 1. The van der Waals surface area contributed by atoms with Gasteiger partial charge in [0.1, 0.15) is 11.4 Å². The summed E-state index contributed by atoms with van der Waals surface area (Å²) in [5, 5.41) is 5.88. The minimum atomic E-state index is -0.297. The highest BCUT2D eigenvalue weighted by molar-refractivity contribution is 6.11. The predicted octanol–water partition coefficient (Wildman–Crippen LogP) is 4.38. The predicted molar refractivity (Wildman–Crippen MR) is 114 cm³/mol. The molecular formula is C23H21N3O3. The van der Waals surface area contributed by atoms with Crippen LogP contribution in [0.15, 0.2) is 59.1 Å². The van der Waals surface area contributed by atoms with Crippen LogP contribution in [0.3, 0.4) is 0 Å². The van der Waals surface area contributed by atoms with Crippen LogP contribution in [0.4, 0.5) is 11.5 Å². The fourth-order valence-corrected chi connectivity index (χ4v) is 3.81. The second-order valence-corrected chi connectivity index (χ2v) is 7.17. The maximum atomic E-state index is 12.9. The van der Waals surface area contributed by atoms with Gasteiger partial charge < -0.3 is 19.4 Å². The van der Waals surface area contributed by atoms with Crippen molar-refractivity contribution in [3.8, 4) is 0 Å². The third-order valence-electron chi connectivity index (χ3n) is 5.40. The van der Waals surface area contributed by atoms with Crippen molar-refractivity contribution in [3.63, 3.8) is 0 Å². The zero-order valence-corrected chi connectivity index (χ0v) is 16.1. The molecule has 0 aliphatic carbocycles. The zero-order valence-electron chi connectivity index (χ0n) is 16.1. The van der Waals surface area contributed by atoms with Gasteiger partial charge in [0.25, 0.3) is 5.91 Å². The number of carbonyl (C=O) groups excluding carboxylic acids is 1. The van der Waals surface area contributed by atoms with Crippen LogP contribution in [0.5, 0.6) is 0 Å². The number of benzene rings is 2. The van der Waals surface area contributed by atoms with Crippen LogP contribution in [-0.4, -0.2) is 37.2 Å². The van der Waals surface area contributed by atoms with E-state index < -0.39 is 0 Å². The van der Waals surface area contributed by atoms with Crippen LogP contribution in [0, 0.1) is 6.92 Å². The van der Waals surface area contributed by atoms with Crippen LogP contribution >= 0.6 is 0 Å². The first kappa shape index (κ1) is 17.7. The summed E-state index contributed by atoms with van der Waals surface area (Å²) in [6.07, 6.45) is 1.78. The molecule has 146 valence electrons. The number of anilines is 2. The first-order chi connectivity index (χ1) is 14.2. The monoisotopic (exact) mass is 387 g/mol. The fraction of sp³-hybridized carbons (Fsp3) is 0.217. The van der Waals surface area contributed by atoms with Crippen molar-refractivity contribution in [1.29, 1.82) is 0 Å². The molecule has 0 saturated carbocycles. The first-order valence-corrected chi connectivity index (χ1v) is 9.71. The Bertz CT molecular complexity index is 1190. The molecule has 29 heavy (non-hydrogen) atoms. The SMILES string of the molecule is Cc1c(C(=O)Nc2ccc(N3CCOCC3)cn2)oc2c1ccc1ccccc12. The molecule has 0 atom stereocenters. The van der Waals surface area contributed by atoms with Crippen molar-refractivity contribution >= 4 is 39.2 Å². The summed E-state index contributed by atoms with van der Waals surface area (Å²) < 4.78 is 11.4. The minimum Gasteiger partial charge on any atom is -0.450 e. The van der Waals surface area contributed by atoms with Gasteiger partial charge in [-0.15, -0.1) is 0 Å². The lowest BCUT2D eigenvalue weighted by atomic mass is 10.1. The lowest BCUT2D eigenvalue weighted by Crippen LogP contribution is -2.36. The van der Waals surface area contributed by atoms with E-state index in [9.17, 15) is 4.79 Å². The lowest BCUT2D eigenvalue weighted by Gasteiger charge is -2.28. The second kappa shape index (κ2) is 7.22. The molecule has 2 aromatic heterocycles. The van der Waals surface area contributed by atoms with Gasteiger partial charge in [0.15, 0.2) is 5.76 Å². The highest BCUT2D eigenvalue weighted by Crippen LogP contribution is 2.32. The number of nitrogens with one attached hydrogen (secondary N) is 1. The van der Waals surface area contributed by atoms with Gasteiger partial charge in [-0.2, -0.15) is 0 Å². The fourth-order valence-electron chi connectivity index (χ4n) is 3.81. The van der Waals surface area contributed by atoms with E-state index in [1.54, 1.807) is 6.20 Å².